The number of likely N-dealkylation sites (tertiary alicyclic amines) is 1. The summed E-state index contributed by atoms with van der Waals surface area (Å²) in [6.45, 7) is 7.62. The first-order valence-electron chi connectivity index (χ1n) is 6.12. The third-order valence-corrected chi connectivity index (χ3v) is 3.26. The molecule has 2 rings (SSSR count). The van der Waals surface area contributed by atoms with E-state index in [2.05, 4.69) is 41.4 Å². The minimum absolute atomic E-state index is 0.456. The van der Waals surface area contributed by atoms with E-state index in [0.717, 1.165) is 13.1 Å². The molecule has 16 heavy (non-hydrogen) atoms. The Morgan fingerprint density at radius 2 is 2.38 bits per heavy atom. The summed E-state index contributed by atoms with van der Waals surface area (Å²) in [6, 6.07) is 3.25. The average molecular weight is 222 g/mol. The molecular weight excluding hydrogens is 200 g/mol. The SMILES string of the molecule is CNC1CCN(Cc2ccn(C(C)C)n2)C1. The molecule has 4 heteroatoms. The smallest absolute Gasteiger partial charge is 0.0764 e. The van der Waals surface area contributed by atoms with Gasteiger partial charge in [0.15, 0.2) is 0 Å². The zero-order chi connectivity index (χ0) is 11.5. The molecule has 0 amide bonds. The Balaban J connectivity index is 1.89. The highest BCUT2D eigenvalue weighted by atomic mass is 15.3. The summed E-state index contributed by atoms with van der Waals surface area (Å²) >= 11 is 0. The Hall–Kier alpha value is -0.870. The van der Waals surface area contributed by atoms with Crippen LogP contribution in [0.15, 0.2) is 12.3 Å². The Bertz CT molecular complexity index is 332. The van der Waals surface area contributed by atoms with Crippen molar-refractivity contribution in [3.8, 4) is 0 Å². The molecule has 1 aliphatic heterocycles. The van der Waals surface area contributed by atoms with Gasteiger partial charge in [-0.1, -0.05) is 0 Å². The molecule has 1 atom stereocenters. The van der Waals surface area contributed by atoms with Crippen molar-refractivity contribution >= 4 is 0 Å². The van der Waals surface area contributed by atoms with Crippen LogP contribution in [0.5, 0.6) is 0 Å². The van der Waals surface area contributed by atoms with Crippen molar-refractivity contribution < 1.29 is 0 Å². The summed E-state index contributed by atoms with van der Waals surface area (Å²) in [4.78, 5) is 2.47. The largest absolute Gasteiger partial charge is 0.316 e. The summed E-state index contributed by atoms with van der Waals surface area (Å²) < 4.78 is 2.03. The van der Waals surface area contributed by atoms with Crippen LogP contribution in [-0.4, -0.2) is 40.9 Å². The van der Waals surface area contributed by atoms with Crippen molar-refractivity contribution in [3.63, 3.8) is 0 Å². The highest BCUT2D eigenvalue weighted by molar-refractivity contribution is 5.00. The Morgan fingerprint density at radius 1 is 1.56 bits per heavy atom. The molecule has 0 bridgehead atoms. The maximum absolute atomic E-state index is 4.58. The first kappa shape index (κ1) is 11.6. The van der Waals surface area contributed by atoms with Crippen LogP contribution in [0.1, 0.15) is 32.0 Å². The van der Waals surface area contributed by atoms with Crippen molar-refractivity contribution in [1.82, 2.24) is 20.0 Å². The van der Waals surface area contributed by atoms with Crippen LogP contribution in [0.2, 0.25) is 0 Å². The van der Waals surface area contributed by atoms with E-state index in [1.165, 1.54) is 18.7 Å². The second-order valence-electron chi connectivity index (χ2n) is 4.89. The summed E-state index contributed by atoms with van der Waals surface area (Å²) in [6.07, 6.45) is 3.33. The fourth-order valence-corrected chi connectivity index (χ4v) is 2.19. The number of aromatic nitrogens is 2. The van der Waals surface area contributed by atoms with Crippen molar-refractivity contribution in [2.45, 2.75) is 38.9 Å². The lowest BCUT2D eigenvalue weighted by Gasteiger charge is -2.14. The van der Waals surface area contributed by atoms with Gasteiger partial charge in [0.25, 0.3) is 0 Å². The van der Waals surface area contributed by atoms with Gasteiger partial charge in [-0.05, 0) is 33.4 Å². The maximum atomic E-state index is 4.58. The second-order valence-corrected chi connectivity index (χ2v) is 4.89. The highest BCUT2D eigenvalue weighted by Gasteiger charge is 2.21. The van der Waals surface area contributed by atoms with Crippen LogP contribution in [0.4, 0.5) is 0 Å². The standard InChI is InChI=1S/C12H22N4/c1-10(2)16-7-5-12(14-16)9-15-6-4-11(8-15)13-3/h5,7,10-11,13H,4,6,8-9H2,1-3H3. The lowest BCUT2D eigenvalue weighted by atomic mass is 10.3. The number of nitrogens with one attached hydrogen (secondary N) is 1. The lowest BCUT2D eigenvalue weighted by Crippen LogP contribution is -2.29. The van der Waals surface area contributed by atoms with Gasteiger partial charge < -0.3 is 5.32 Å². The van der Waals surface area contributed by atoms with E-state index in [9.17, 15) is 0 Å². The monoisotopic (exact) mass is 222 g/mol. The van der Waals surface area contributed by atoms with Crippen LogP contribution in [0, 0.1) is 0 Å². The van der Waals surface area contributed by atoms with Gasteiger partial charge in [0.05, 0.1) is 5.69 Å². The van der Waals surface area contributed by atoms with E-state index in [0.29, 0.717) is 12.1 Å². The molecule has 1 fully saturated rings. The van der Waals surface area contributed by atoms with Crippen molar-refractivity contribution in [3.05, 3.63) is 18.0 Å². The summed E-state index contributed by atoms with van der Waals surface area (Å²) in [5.74, 6) is 0. The first-order valence-corrected chi connectivity index (χ1v) is 6.12. The molecule has 2 heterocycles. The van der Waals surface area contributed by atoms with Gasteiger partial charge in [-0.2, -0.15) is 5.10 Å². The number of hydrogen-bond acceptors (Lipinski definition) is 3. The quantitative estimate of drug-likeness (QED) is 0.832. The van der Waals surface area contributed by atoms with Crippen LogP contribution < -0.4 is 5.32 Å². The Kier molecular flexibility index (Phi) is 3.61. The van der Waals surface area contributed by atoms with E-state index in [-0.39, 0.29) is 0 Å². The average Bonchev–Trinajstić information content (AvgIpc) is 2.87. The van der Waals surface area contributed by atoms with E-state index >= 15 is 0 Å². The number of rotatable bonds is 4. The van der Waals surface area contributed by atoms with Gasteiger partial charge in [0.1, 0.15) is 0 Å². The second kappa shape index (κ2) is 4.97. The molecule has 0 saturated carbocycles. The van der Waals surface area contributed by atoms with Crippen LogP contribution in [-0.2, 0) is 6.54 Å². The van der Waals surface area contributed by atoms with E-state index < -0.39 is 0 Å². The predicted molar refractivity (Wildman–Crippen MR) is 65.4 cm³/mol. The third kappa shape index (κ3) is 2.62. The molecule has 1 aromatic heterocycles. The maximum Gasteiger partial charge on any atom is 0.0764 e. The van der Waals surface area contributed by atoms with Gasteiger partial charge in [-0.15, -0.1) is 0 Å². The molecule has 1 N–H and O–H groups in total. The van der Waals surface area contributed by atoms with Gasteiger partial charge in [-0.25, -0.2) is 0 Å². The van der Waals surface area contributed by atoms with Crippen molar-refractivity contribution in [2.75, 3.05) is 20.1 Å². The number of likely N-dealkylation sites (N-methyl/N-ethyl adjacent to an activating group) is 1. The van der Waals surface area contributed by atoms with Gasteiger partial charge in [-0.3, -0.25) is 9.58 Å². The van der Waals surface area contributed by atoms with E-state index in [1.807, 2.05) is 11.7 Å². The van der Waals surface area contributed by atoms with Gasteiger partial charge in [0, 0.05) is 37.9 Å². The molecule has 1 aromatic rings. The number of hydrogen-bond donors (Lipinski definition) is 1. The van der Waals surface area contributed by atoms with Gasteiger partial charge >= 0.3 is 0 Å². The Labute approximate surface area is 97.6 Å². The summed E-state index contributed by atoms with van der Waals surface area (Å²) in [5, 5.41) is 7.91. The van der Waals surface area contributed by atoms with Crippen molar-refractivity contribution in [2.24, 2.45) is 0 Å². The normalized spacial score (nSPS) is 22.1. The molecule has 1 saturated heterocycles. The predicted octanol–water partition coefficient (Wildman–Crippen LogP) is 1.26. The lowest BCUT2D eigenvalue weighted by molar-refractivity contribution is 0.316. The molecule has 90 valence electrons. The van der Waals surface area contributed by atoms with E-state index in [4.69, 9.17) is 0 Å². The molecule has 1 aliphatic rings. The molecule has 1 unspecified atom stereocenters. The molecular formula is C12H22N4. The first-order chi connectivity index (χ1) is 7.69. The zero-order valence-corrected chi connectivity index (χ0v) is 10.5. The third-order valence-electron chi connectivity index (χ3n) is 3.26. The molecule has 0 spiro atoms. The topological polar surface area (TPSA) is 33.1 Å². The Morgan fingerprint density at radius 3 is 2.94 bits per heavy atom. The minimum atomic E-state index is 0.456. The molecule has 0 aliphatic carbocycles. The fourth-order valence-electron chi connectivity index (χ4n) is 2.19. The van der Waals surface area contributed by atoms with E-state index in [1.54, 1.807) is 0 Å². The summed E-state index contributed by atoms with van der Waals surface area (Å²) in [5.41, 5.74) is 1.19. The molecule has 4 nitrogen and oxygen atoms in total. The molecule has 0 aromatic carbocycles. The van der Waals surface area contributed by atoms with Crippen LogP contribution >= 0.6 is 0 Å². The minimum Gasteiger partial charge on any atom is -0.316 e. The van der Waals surface area contributed by atoms with Crippen LogP contribution in [0.3, 0.4) is 0 Å². The highest BCUT2D eigenvalue weighted by Crippen LogP contribution is 2.13. The van der Waals surface area contributed by atoms with Gasteiger partial charge in [0.2, 0.25) is 0 Å². The zero-order valence-electron chi connectivity index (χ0n) is 10.5. The number of nitrogens with zero attached hydrogens (tertiary/aromatic N) is 3. The fraction of sp³-hybridized carbons (Fsp3) is 0.750. The summed E-state index contributed by atoms with van der Waals surface area (Å²) in [7, 11) is 2.04. The molecule has 0 radical (unpaired) electrons. The van der Waals surface area contributed by atoms with Crippen molar-refractivity contribution in [1.29, 1.82) is 0 Å². The van der Waals surface area contributed by atoms with Crippen LogP contribution in [0.25, 0.3) is 0 Å².